The van der Waals surface area contributed by atoms with Crippen LogP contribution in [0.25, 0.3) is 0 Å². The Hall–Kier alpha value is -1.56. The van der Waals surface area contributed by atoms with E-state index in [1.165, 1.54) is 0 Å². The van der Waals surface area contributed by atoms with Crippen molar-refractivity contribution in [3.8, 4) is 0 Å². The summed E-state index contributed by atoms with van der Waals surface area (Å²) < 4.78 is 0. The summed E-state index contributed by atoms with van der Waals surface area (Å²) in [6, 6.07) is 18.2. The highest BCUT2D eigenvalue weighted by Crippen LogP contribution is 2.77. The van der Waals surface area contributed by atoms with E-state index in [-0.39, 0.29) is 0 Å². The number of fused-ring (bicyclic) bond motifs is 7. The van der Waals surface area contributed by atoms with Crippen molar-refractivity contribution < 1.29 is 0 Å². The van der Waals surface area contributed by atoms with Gasteiger partial charge >= 0.3 is 0 Å². The topological polar surface area (TPSA) is 0 Å². The molecule has 3 aliphatic carbocycles. The van der Waals surface area contributed by atoms with Crippen molar-refractivity contribution in [1.29, 1.82) is 0 Å². The number of rotatable bonds is 0. The van der Waals surface area contributed by atoms with Gasteiger partial charge < -0.3 is 0 Å². The van der Waals surface area contributed by atoms with Crippen LogP contribution in [0.1, 0.15) is 40.0 Å². The van der Waals surface area contributed by atoms with E-state index < -0.39 is 0 Å². The minimum absolute atomic E-state index is 0.724. The Morgan fingerprint density at radius 2 is 1.00 bits per heavy atom. The fourth-order valence-electron chi connectivity index (χ4n) is 4.33. The van der Waals surface area contributed by atoms with Gasteiger partial charge in [0.2, 0.25) is 0 Å². The third kappa shape index (κ3) is 0.640. The zero-order valence-electron chi connectivity index (χ0n) is 8.93. The largest absolute Gasteiger partial charge is 0.0620 e. The molecule has 2 aromatic rings. The van der Waals surface area contributed by atoms with Gasteiger partial charge in [0.05, 0.1) is 0 Å². The smallest absolute Gasteiger partial charge is 0.0135 e. The van der Waals surface area contributed by atoms with Gasteiger partial charge in [0.15, 0.2) is 0 Å². The zero-order valence-corrected chi connectivity index (χ0v) is 8.93. The van der Waals surface area contributed by atoms with Crippen LogP contribution in [0.4, 0.5) is 0 Å². The average Bonchev–Trinajstić information content (AvgIpc) is 2.88. The number of benzene rings is 2. The van der Waals surface area contributed by atoms with Gasteiger partial charge in [-0.3, -0.25) is 0 Å². The van der Waals surface area contributed by atoms with Crippen LogP contribution in [0, 0.1) is 5.92 Å². The Labute approximate surface area is 94.9 Å². The van der Waals surface area contributed by atoms with Crippen LogP contribution in [0.15, 0.2) is 48.5 Å². The first-order valence-corrected chi connectivity index (χ1v) is 6.14. The SMILES string of the molecule is c1ccc2c(c1)C1c3ccccc3[C@H]3C1[C@H]23. The maximum Gasteiger partial charge on any atom is 0.0135 e. The summed E-state index contributed by atoms with van der Waals surface area (Å²) in [4.78, 5) is 0. The number of hydrogen-bond acceptors (Lipinski definition) is 0. The highest BCUT2D eigenvalue weighted by atomic mass is 14.7. The van der Waals surface area contributed by atoms with Crippen molar-refractivity contribution in [2.45, 2.75) is 17.8 Å². The van der Waals surface area contributed by atoms with Crippen molar-refractivity contribution in [2.24, 2.45) is 5.92 Å². The molecule has 0 heterocycles. The van der Waals surface area contributed by atoms with Crippen molar-refractivity contribution in [2.75, 3.05) is 0 Å². The van der Waals surface area contributed by atoms with E-state index in [0.717, 1.165) is 23.7 Å². The Morgan fingerprint density at radius 1 is 0.562 bits per heavy atom. The van der Waals surface area contributed by atoms with E-state index in [2.05, 4.69) is 48.5 Å². The molecule has 0 aromatic heterocycles. The molecular formula is C16H12. The summed E-state index contributed by atoms with van der Waals surface area (Å²) in [6.45, 7) is 0. The molecule has 2 atom stereocenters. The highest BCUT2D eigenvalue weighted by Gasteiger charge is 2.66. The van der Waals surface area contributed by atoms with Gasteiger partial charge in [-0.2, -0.15) is 0 Å². The van der Waals surface area contributed by atoms with Gasteiger partial charge in [-0.1, -0.05) is 48.5 Å². The third-order valence-corrected chi connectivity index (χ3v) is 4.84. The van der Waals surface area contributed by atoms with Crippen LogP contribution >= 0.6 is 0 Å². The van der Waals surface area contributed by atoms with Crippen LogP contribution in [-0.4, -0.2) is 0 Å². The molecule has 0 nitrogen and oxygen atoms in total. The molecular weight excluding hydrogens is 192 g/mol. The minimum Gasteiger partial charge on any atom is -0.0620 e. The summed E-state index contributed by atoms with van der Waals surface area (Å²) >= 11 is 0. The summed E-state index contributed by atoms with van der Waals surface area (Å²) in [5.74, 6) is 3.35. The predicted molar refractivity (Wildman–Crippen MR) is 63.7 cm³/mol. The molecule has 0 bridgehead atoms. The van der Waals surface area contributed by atoms with Gasteiger partial charge in [0.25, 0.3) is 0 Å². The van der Waals surface area contributed by atoms with E-state index in [1.807, 2.05) is 0 Å². The van der Waals surface area contributed by atoms with E-state index in [1.54, 1.807) is 22.3 Å². The fraction of sp³-hybridized carbons (Fsp3) is 0.250. The maximum atomic E-state index is 2.35. The molecule has 0 radical (unpaired) electrons. The van der Waals surface area contributed by atoms with Gasteiger partial charge in [-0.05, 0) is 40.0 Å². The van der Waals surface area contributed by atoms with Crippen molar-refractivity contribution in [3.63, 3.8) is 0 Å². The van der Waals surface area contributed by atoms with Crippen molar-refractivity contribution >= 4 is 0 Å². The third-order valence-electron chi connectivity index (χ3n) is 4.84. The molecule has 0 heteroatoms. The Bertz CT molecular complexity index is 557. The van der Waals surface area contributed by atoms with Crippen LogP contribution in [0.5, 0.6) is 0 Å². The Morgan fingerprint density at radius 3 is 1.50 bits per heavy atom. The molecule has 0 N–H and O–H groups in total. The molecule has 5 rings (SSSR count). The summed E-state index contributed by atoms with van der Waals surface area (Å²) in [7, 11) is 0. The number of hydrogen-bond donors (Lipinski definition) is 0. The first-order valence-electron chi connectivity index (χ1n) is 6.14. The molecule has 0 saturated heterocycles. The van der Waals surface area contributed by atoms with Crippen molar-refractivity contribution in [3.05, 3.63) is 70.8 Å². The second kappa shape index (κ2) is 2.24. The molecule has 3 aliphatic rings. The Balaban J connectivity index is 1.85. The lowest BCUT2D eigenvalue weighted by Gasteiger charge is -2.10. The van der Waals surface area contributed by atoms with Gasteiger partial charge in [-0.25, -0.2) is 0 Å². The van der Waals surface area contributed by atoms with E-state index in [9.17, 15) is 0 Å². The lowest BCUT2D eigenvalue weighted by molar-refractivity contribution is 0.750. The second-order valence-electron chi connectivity index (χ2n) is 5.36. The predicted octanol–water partition coefficient (Wildman–Crippen LogP) is 3.64. The normalized spacial score (nSPS) is 35.5. The summed E-state index contributed by atoms with van der Waals surface area (Å²) in [6.07, 6.45) is 0. The standard InChI is InChI=1S/C16H12/c1-3-7-11-9(5-1)13-10-6-2-4-8-12(10)15-14(11)16(13)15/h1-8,13-16H/t13?,14-,15-,16?/m1/s1. The maximum absolute atomic E-state index is 2.35. The van der Waals surface area contributed by atoms with Crippen LogP contribution in [-0.2, 0) is 0 Å². The minimum atomic E-state index is 0.724. The summed E-state index contributed by atoms with van der Waals surface area (Å²) in [5.41, 5.74) is 6.50. The molecule has 0 aliphatic heterocycles. The molecule has 0 amide bonds. The fourth-order valence-corrected chi connectivity index (χ4v) is 4.33. The first-order chi connectivity index (χ1) is 7.97. The van der Waals surface area contributed by atoms with E-state index in [4.69, 9.17) is 0 Å². The molecule has 76 valence electrons. The van der Waals surface area contributed by atoms with Crippen LogP contribution in [0.2, 0.25) is 0 Å². The van der Waals surface area contributed by atoms with Gasteiger partial charge in [0.1, 0.15) is 0 Å². The highest BCUT2D eigenvalue weighted by molar-refractivity contribution is 5.63. The van der Waals surface area contributed by atoms with Crippen molar-refractivity contribution in [1.82, 2.24) is 0 Å². The molecule has 0 unspecified atom stereocenters. The molecule has 16 heavy (non-hydrogen) atoms. The van der Waals surface area contributed by atoms with E-state index in [0.29, 0.717) is 0 Å². The molecule has 1 saturated carbocycles. The van der Waals surface area contributed by atoms with Crippen LogP contribution in [0.3, 0.4) is 0 Å². The molecule has 0 spiro atoms. The monoisotopic (exact) mass is 204 g/mol. The van der Waals surface area contributed by atoms with E-state index >= 15 is 0 Å². The molecule has 2 aromatic carbocycles. The quantitative estimate of drug-likeness (QED) is 0.614. The molecule has 1 fully saturated rings. The van der Waals surface area contributed by atoms with Crippen LogP contribution < -0.4 is 0 Å². The van der Waals surface area contributed by atoms with Gasteiger partial charge in [-0.15, -0.1) is 0 Å². The second-order valence-corrected chi connectivity index (χ2v) is 5.36. The average molecular weight is 204 g/mol. The first kappa shape index (κ1) is 7.67. The lowest BCUT2D eigenvalue weighted by atomic mass is 9.93. The Kier molecular flexibility index (Phi) is 1.08. The zero-order chi connectivity index (χ0) is 10.3. The van der Waals surface area contributed by atoms with Gasteiger partial charge in [0, 0.05) is 5.92 Å². The summed E-state index contributed by atoms with van der Waals surface area (Å²) in [5, 5.41) is 0. The lowest BCUT2D eigenvalue weighted by Crippen LogP contribution is -1.96.